The summed E-state index contributed by atoms with van der Waals surface area (Å²) in [5.74, 6) is -1.65. The van der Waals surface area contributed by atoms with E-state index in [1.165, 1.54) is 12.1 Å². The molecule has 0 spiro atoms. The van der Waals surface area contributed by atoms with Crippen LogP contribution in [0.2, 0.25) is 0 Å². The second kappa shape index (κ2) is 7.92. The van der Waals surface area contributed by atoms with Crippen molar-refractivity contribution in [2.75, 3.05) is 0 Å². The summed E-state index contributed by atoms with van der Waals surface area (Å²) in [6.07, 6.45) is 0. The summed E-state index contributed by atoms with van der Waals surface area (Å²) in [6, 6.07) is 6.18. The van der Waals surface area contributed by atoms with Gasteiger partial charge in [0.25, 0.3) is 20.2 Å². The van der Waals surface area contributed by atoms with Crippen LogP contribution in [0.5, 0.6) is 0 Å². The molecule has 0 bridgehead atoms. The molecule has 0 saturated heterocycles. The van der Waals surface area contributed by atoms with Crippen LogP contribution in [-0.2, 0) is 20.2 Å². The van der Waals surface area contributed by atoms with Crippen LogP contribution in [0, 0.1) is 0 Å². The Labute approximate surface area is 193 Å². The minimum absolute atomic E-state index is 0. The third-order valence-electron chi connectivity index (χ3n) is 3.55. The standard InChI is InChI=1S/C14H8O8S2.2Na/c15-13-8-5-4-7(23(17,18)19)6-10(8)14(16)12-9(13)2-1-3-11(12)24(20,21)22;;/h1-6H,(H,17,18,19)(H,20,21,22);;. The van der Waals surface area contributed by atoms with Gasteiger partial charge < -0.3 is 0 Å². The average molecular weight is 414 g/mol. The maximum atomic E-state index is 12.6. The summed E-state index contributed by atoms with van der Waals surface area (Å²) in [6.45, 7) is 0. The molecule has 0 atom stereocenters. The molecule has 0 saturated carbocycles. The van der Waals surface area contributed by atoms with Crippen LogP contribution in [0.4, 0.5) is 0 Å². The van der Waals surface area contributed by atoms with Crippen molar-refractivity contribution in [3.8, 4) is 0 Å². The van der Waals surface area contributed by atoms with Gasteiger partial charge in [-0.15, -0.1) is 0 Å². The van der Waals surface area contributed by atoms with Gasteiger partial charge in [0.05, 0.1) is 10.5 Å². The van der Waals surface area contributed by atoms with Gasteiger partial charge in [-0.3, -0.25) is 18.7 Å². The molecule has 8 nitrogen and oxygen atoms in total. The summed E-state index contributed by atoms with van der Waals surface area (Å²) in [5.41, 5.74) is -1.27. The molecule has 1 aliphatic carbocycles. The van der Waals surface area contributed by atoms with Gasteiger partial charge in [-0.1, -0.05) is 12.1 Å². The molecule has 0 unspecified atom stereocenters. The quantitative estimate of drug-likeness (QED) is 0.447. The Morgan fingerprint density at radius 1 is 0.692 bits per heavy atom. The minimum Gasteiger partial charge on any atom is -0.289 e. The van der Waals surface area contributed by atoms with E-state index in [4.69, 9.17) is 4.55 Å². The molecule has 126 valence electrons. The number of benzene rings is 2. The maximum absolute atomic E-state index is 12.6. The van der Waals surface area contributed by atoms with Crippen LogP contribution < -0.4 is 0 Å². The van der Waals surface area contributed by atoms with E-state index in [2.05, 4.69) is 0 Å². The van der Waals surface area contributed by atoms with Gasteiger partial charge in [-0.05, 0) is 24.3 Å². The zero-order valence-corrected chi connectivity index (χ0v) is 19.3. The van der Waals surface area contributed by atoms with Crippen molar-refractivity contribution in [2.45, 2.75) is 9.79 Å². The second-order valence-electron chi connectivity index (χ2n) is 4.99. The zero-order chi connectivity index (χ0) is 17.9. The van der Waals surface area contributed by atoms with Crippen molar-refractivity contribution < 1.29 is 35.5 Å². The first kappa shape index (κ1) is 23.6. The van der Waals surface area contributed by atoms with E-state index >= 15 is 0 Å². The molecule has 2 aromatic rings. The van der Waals surface area contributed by atoms with E-state index in [-0.39, 0.29) is 75.8 Å². The Bertz CT molecular complexity index is 1140. The zero-order valence-electron chi connectivity index (χ0n) is 13.6. The van der Waals surface area contributed by atoms with Crippen LogP contribution in [-0.4, -0.2) is 96.6 Å². The fraction of sp³-hybridized carbons (Fsp3) is 0. The average Bonchev–Trinajstić information content (AvgIpc) is 2.49. The van der Waals surface area contributed by atoms with Crippen molar-refractivity contribution in [1.82, 2.24) is 0 Å². The summed E-state index contributed by atoms with van der Waals surface area (Å²) in [7, 11) is -9.41. The normalized spacial score (nSPS) is 13.2. The Hall–Kier alpha value is -0.400. The molecule has 0 aliphatic heterocycles. The van der Waals surface area contributed by atoms with Gasteiger partial charge in [-0.25, -0.2) is 0 Å². The first-order chi connectivity index (χ1) is 11.0. The van der Waals surface area contributed by atoms with Crippen molar-refractivity contribution in [2.24, 2.45) is 0 Å². The van der Waals surface area contributed by atoms with E-state index in [9.17, 15) is 31.0 Å². The van der Waals surface area contributed by atoms with Crippen LogP contribution in [0.3, 0.4) is 0 Å². The first-order valence-electron chi connectivity index (χ1n) is 6.33. The van der Waals surface area contributed by atoms with Crippen LogP contribution in [0.25, 0.3) is 0 Å². The molecule has 0 heterocycles. The van der Waals surface area contributed by atoms with Gasteiger partial charge in [-0.2, -0.15) is 16.8 Å². The summed E-state index contributed by atoms with van der Waals surface area (Å²) in [4.78, 5) is 23.7. The molecule has 12 heteroatoms. The minimum atomic E-state index is -4.78. The number of ketones is 2. The van der Waals surface area contributed by atoms with E-state index in [0.717, 1.165) is 24.3 Å². The van der Waals surface area contributed by atoms with Gasteiger partial charge in [0, 0.05) is 75.8 Å². The fourth-order valence-electron chi connectivity index (χ4n) is 2.52. The molecule has 3 rings (SSSR count). The molecule has 2 radical (unpaired) electrons. The smallest absolute Gasteiger partial charge is 0.289 e. The monoisotopic (exact) mass is 414 g/mol. The molecule has 2 N–H and O–H groups in total. The summed E-state index contributed by atoms with van der Waals surface area (Å²) < 4.78 is 63.6. The molecular weight excluding hydrogens is 406 g/mol. The third kappa shape index (κ3) is 4.04. The number of carbonyl (C=O) groups excluding carboxylic acids is 2. The molecular formula is C14H8Na2O8S2. The van der Waals surface area contributed by atoms with Crippen molar-refractivity contribution in [3.63, 3.8) is 0 Å². The SMILES string of the molecule is O=C1c2ccc(S(=O)(=O)O)cc2C(=O)c2c1cccc2S(=O)(=O)O.[Na].[Na]. The molecule has 0 fully saturated rings. The summed E-state index contributed by atoms with van der Waals surface area (Å²) in [5, 5.41) is 0. The number of hydrogen-bond acceptors (Lipinski definition) is 6. The van der Waals surface area contributed by atoms with Crippen molar-refractivity contribution in [3.05, 3.63) is 58.7 Å². The van der Waals surface area contributed by atoms with Crippen molar-refractivity contribution in [1.29, 1.82) is 0 Å². The van der Waals surface area contributed by atoms with Crippen LogP contribution >= 0.6 is 0 Å². The predicted octanol–water partition coefficient (Wildman–Crippen LogP) is 0.194. The molecule has 2 aromatic carbocycles. The van der Waals surface area contributed by atoms with E-state index in [1.807, 2.05) is 0 Å². The molecule has 0 amide bonds. The van der Waals surface area contributed by atoms with E-state index in [0.29, 0.717) is 0 Å². The number of rotatable bonds is 2. The van der Waals surface area contributed by atoms with Gasteiger partial charge in [0.2, 0.25) is 0 Å². The Kier molecular flexibility index (Phi) is 7.20. The topological polar surface area (TPSA) is 143 Å². The van der Waals surface area contributed by atoms with Gasteiger partial charge >= 0.3 is 0 Å². The Morgan fingerprint density at radius 2 is 1.31 bits per heavy atom. The second-order valence-corrected chi connectivity index (χ2v) is 7.81. The summed E-state index contributed by atoms with van der Waals surface area (Å²) >= 11 is 0. The first-order valence-corrected chi connectivity index (χ1v) is 9.21. The number of fused-ring (bicyclic) bond motifs is 2. The van der Waals surface area contributed by atoms with E-state index in [1.54, 1.807) is 0 Å². The van der Waals surface area contributed by atoms with Crippen molar-refractivity contribution >= 4 is 90.9 Å². The molecule has 0 aromatic heterocycles. The Balaban J connectivity index is 0.00000169. The van der Waals surface area contributed by atoms with Crippen LogP contribution in [0.1, 0.15) is 31.8 Å². The van der Waals surface area contributed by atoms with Gasteiger partial charge in [0.15, 0.2) is 11.6 Å². The number of carbonyl (C=O) groups is 2. The predicted molar refractivity (Wildman–Crippen MR) is 90.9 cm³/mol. The van der Waals surface area contributed by atoms with Gasteiger partial charge in [0.1, 0.15) is 4.90 Å². The largest absolute Gasteiger partial charge is 0.295 e. The fourth-order valence-corrected chi connectivity index (χ4v) is 3.74. The number of hydrogen-bond donors (Lipinski definition) is 2. The molecule has 1 aliphatic rings. The maximum Gasteiger partial charge on any atom is 0.295 e. The Morgan fingerprint density at radius 3 is 1.85 bits per heavy atom. The third-order valence-corrected chi connectivity index (χ3v) is 5.30. The van der Waals surface area contributed by atoms with E-state index < -0.39 is 47.2 Å². The van der Waals surface area contributed by atoms with Crippen LogP contribution in [0.15, 0.2) is 46.2 Å². The molecule has 26 heavy (non-hydrogen) atoms.